The fraction of sp³-hybridized carbons (Fsp3) is 0.0800. The number of nitrogens with zero attached hydrogens (tertiary/aromatic N) is 1. The summed E-state index contributed by atoms with van der Waals surface area (Å²) in [6, 6.07) is 17.0. The average Bonchev–Trinajstić information content (AvgIpc) is 3.41. The fourth-order valence-corrected chi connectivity index (χ4v) is 4.38. The molecule has 1 aliphatic rings. The molecule has 0 atom stereocenters. The van der Waals surface area contributed by atoms with E-state index < -0.39 is 11.9 Å². The Kier molecular flexibility index (Phi) is 7.26. The van der Waals surface area contributed by atoms with E-state index in [1.807, 2.05) is 0 Å². The Morgan fingerprint density at radius 2 is 1.85 bits per heavy atom. The highest BCUT2D eigenvalue weighted by Gasteiger charge is 2.34. The van der Waals surface area contributed by atoms with Gasteiger partial charge in [0.15, 0.2) is 0 Å². The molecule has 1 aromatic heterocycles. The lowest BCUT2D eigenvalue weighted by atomic mass is 10.2. The van der Waals surface area contributed by atoms with Crippen molar-refractivity contribution in [2.75, 3.05) is 6.61 Å². The van der Waals surface area contributed by atoms with Crippen molar-refractivity contribution < 1.29 is 23.8 Å². The molecule has 3 aromatic rings. The van der Waals surface area contributed by atoms with E-state index in [-0.39, 0.29) is 27.9 Å². The molecule has 172 valence electrons. The molecular weight excluding hydrogens is 497 g/mol. The number of carbonyl (C=O) groups excluding carboxylic acids is 2. The topological polar surface area (TPSA) is 89.1 Å². The van der Waals surface area contributed by atoms with Gasteiger partial charge in [-0.05, 0) is 55.5 Å². The zero-order chi connectivity index (χ0) is 24.2. The van der Waals surface area contributed by atoms with Crippen LogP contribution in [0.25, 0.3) is 17.4 Å². The Labute approximate surface area is 209 Å². The molecule has 1 amide bonds. The first kappa shape index (κ1) is 23.9. The molecule has 0 fully saturated rings. The summed E-state index contributed by atoms with van der Waals surface area (Å²) in [4.78, 5) is 29.5. The standard InChI is InChI=1S/C25H17Cl2NO5S/c1-2-32-25(31)21-22(29)20(34-24(21)28-23(30)14-6-4-3-5-7-14)13-16-9-11-19(33-16)15-8-10-17(26)18(27)12-15/h3-13,29H,2H2,1H3/b20-13-,28-24?. The number of amides is 1. The summed E-state index contributed by atoms with van der Waals surface area (Å²) < 4.78 is 10.9. The van der Waals surface area contributed by atoms with Gasteiger partial charge in [0, 0.05) is 11.1 Å². The number of benzene rings is 2. The van der Waals surface area contributed by atoms with Gasteiger partial charge >= 0.3 is 5.97 Å². The Morgan fingerprint density at radius 3 is 2.56 bits per heavy atom. The van der Waals surface area contributed by atoms with Crippen LogP contribution in [0, 0.1) is 0 Å². The van der Waals surface area contributed by atoms with Crippen molar-refractivity contribution in [2.24, 2.45) is 4.99 Å². The van der Waals surface area contributed by atoms with Gasteiger partial charge in [-0.3, -0.25) is 4.79 Å². The van der Waals surface area contributed by atoms with E-state index in [1.54, 1.807) is 73.7 Å². The van der Waals surface area contributed by atoms with Crippen LogP contribution in [-0.2, 0) is 9.53 Å². The van der Waals surface area contributed by atoms with E-state index >= 15 is 0 Å². The van der Waals surface area contributed by atoms with Crippen LogP contribution in [0.3, 0.4) is 0 Å². The molecule has 9 heteroatoms. The third kappa shape index (κ3) is 5.12. The third-order valence-electron chi connectivity index (χ3n) is 4.70. The van der Waals surface area contributed by atoms with Crippen LogP contribution in [0.15, 0.2) is 86.3 Å². The van der Waals surface area contributed by atoms with Crippen LogP contribution in [-0.4, -0.2) is 28.6 Å². The van der Waals surface area contributed by atoms with Crippen molar-refractivity contribution in [3.05, 3.63) is 98.3 Å². The summed E-state index contributed by atoms with van der Waals surface area (Å²) in [6.45, 7) is 1.75. The number of furan rings is 1. The molecule has 6 nitrogen and oxygen atoms in total. The number of halogens is 2. The predicted octanol–water partition coefficient (Wildman–Crippen LogP) is 6.96. The molecule has 0 saturated carbocycles. The van der Waals surface area contributed by atoms with E-state index in [4.69, 9.17) is 32.4 Å². The van der Waals surface area contributed by atoms with Crippen molar-refractivity contribution in [3.8, 4) is 11.3 Å². The van der Waals surface area contributed by atoms with Crippen LogP contribution in [0.4, 0.5) is 0 Å². The van der Waals surface area contributed by atoms with Gasteiger partial charge in [0.1, 0.15) is 27.9 Å². The van der Waals surface area contributed by atoms with Crippen LogP contribution < -0.4 is 0 Å². The molecule has 34 heavy (non-hydrogen) atoms. The Morgan fingerprint density at radius 1 is 1.09 bits per heavy atom. The number of thioether (sulfide) groups is 1. The number of aliphatic hydroxyl groups is 1. The first-order chi connectivity index (χ1) is 16.4. The molecule has 1 N–H and O–H groups in total. The number of ether oxygens (including phenoxy) is 1. The molecular formula is C25H17Cl2NO5S. The number of hydrogen-bond acceptors (Lipinski definition) is 6. The second kappa shape index (κ2) is 10.3. The van der Waals surface area contributed by atoms with Crippen LogP contribution in [0.5, 0.6) is 0 Å². The summed E-state index contributed by atoms with van der Waals surface area (Å²) in [7, 11) is 0. The minimum absolute atomic E-state index is 0.0484. The number of carbonyl (C=O) groups is 2. The summed E-state index contributed by atoms with van der Waals surface area (Å²) in [5, 5.41) is 11.6. The zero-order valence-electron chi connectivity index (χ0n) is 17.7. The van der Waals surface area contributed by atoms with Crippen LogP contribution in [0.1, 0.15) is 23.0 Å². The second-order valence-electron chi connectivity index (χ2n) is 6.97. The summed E-state index contributed by atoms with van der Waals surface area (Å²) in [6.07, 6.45) is 1.55. The predicted molar refractivity (Wildman–Crippen MR) is 134 cm³/mol. The van der Waals surface area contributed by atoms with Crippen LogP contribution in [0.2, 0.25) is 10.0 Å². The molecule has 0 spiro atoms. The monoisotopic (exact) mass is 513 g/mol. The molecule has 0 unspecified atom stereocenters. The average molecular weight is 514 g/mol. The number of hydrogen-bond donors (Lipinski definition) is 1. The van der Waals surface area contributed by atoms with Crippen molar-refractivity contribution in [1.29, 1.82) is 0 Å². The van der Waals surface area contributed by atoms with E-state index in [1.165, 1.54) is 0 Å². The fourth-order valence-electron chi connectivity index (χ4n) is 3.09. The molecule has 2 aromatic carbocycles. The summed E-state index contributed by atoms with van der Waals surface area (Å²) in [5.74, 6) is -0.703. The minimum Gasteiger partial charge on any atom is -0.506 e. The second-order valence-corrected chi connectivity index (χ2v) is 8.82. The Hall–Kier alpha value is -3.26. The van der Waals surface area contributed by atoms with Gasteiger partial charge in [-0.25, -0.2) is 9.79 Å². The highest BCUT2D eigenvalue weighted by atomic mass is 35.5. The summed E-state index contributed by atoms with van der Waals surface area (Å²) in [5.41, 5.74) is 0.910. The normalized spacial score (nSPS) is 15.9. The Balaban J connectivity index is 1.68. The lowest BCUT2D eigenvalue weighted by Crippen LogP contribution is -2.14. The lowest BCUT2D eigenvalue weighted by Gasteiger charge is -2.03. The molecule has 0 radical (unpaired) electrons. The number of aliphatic imine (C=N–C) groups is 1. The minimum atomic E-state index is -0.772. The van der Waals surface area contributed by atoms with Crippen molar-refractivity contribution in [3.63, 3.8) is 0 Å². The van der Waals surface area contributed by atoms with Gasteiger partial charge in [-0.1, -0.05) is 53.2 Å². The van der Waals surface area contributed by atoms with Gasteiger partial charge in [-0.15, -0.1) is 0 Å². The van der Waals surface area contributed by atoms with Gasteiger partial charge in [0.25, 0.3) is 5.91 Å². The van der Waals surface area contributed by atoms with Gasteiger partial charge in [-0.2, -0.15) is 0 Å². The number of aliphatic hydroxyl groups excluding tert-OH is 1. The van der Waals surface area contributed by atoms with Gasteiger partial charge in [0.2, 0.25) is 0 Å². The number of esters is 1. The highest BCUT2D eigenvalue weighted by Crippen LogP contribution is 2.40. The first-order valence-corrected chi connectivity index (χ1v) is 11.7. The highest BCUT2D eigenvalue weighted by molar-refractivity contribution is 8.18. The Bertz CT molecular complexity index is 1360. The molecule has 1 aliphatic heterocycles. The number of rotatable bonds is 5. The molecule has 0 saturated heterocycles. The smallest absolute Gasteiger partial charge is 0.344 e. The first-order valence-electron chi connectivity index (χ1n) is 10.1. The van der Waals surface area contributed by atoms with Gasteiger partial charge < -0.3 is 14.3 Å². The SMILES string of the molecule is CCOC(=O)C1=C(O)/C(=C/c2ccc(-c3ccc(Cl)c(Cl)c3)o2)SC1=NC(=O)c1ccccc1. The zero-order valence-corrected chi connectivity index (χ0v) is 20.1. The lowest BCUT2D eigenvalue weighted by molar-refractivity contribution is -0.138. The van der Waals surface area contributed by atoms with E-state index in [0.29, 0.717) is 27.1 Å². The van der Waals surface area contributed by atoms with E-state index in [0.717, 1.165) is 17.3 Å². The van der Waals surface area contributed by atoms with Crippen molar-refractivity contribution >= 4 is 58.0 Å². The molecule has 0 aliphatic carbocycles. The van der Waals surface area contributed by atoms with Gasteiger partial charge in [0.05, 0.1) is 21.6 Å². The molecule has 2 heterocycles. The maximum atomic E-state index is 12.6. The maximum Gasteiger partial charge on any atom is 0.344 e. The van der Waals surface area contributed by atoms with Crippen molar-refractivity contribution in [1.82, 2.24) is 0 Å². The summed E-state index contributed by atoms with van der Waals surface area (Å²) >= 11 is 13.0. The van der Waals surface area contributed by atoms with Crippen molar-refractivity contribution in [2.45, 2.75) is 6.92 Å². The maximum absolute atomic E-state index is 12.6. The quantitative estimate of drug-likeness (QED) is 0.371. The third-order valence-corrected chi connectivity index (χ3v) is 6.46. The van der Waals surface area contributed by atoms with E-state index in [2.05, 4.69) is 4.99 Å². The van der Waals surface area contributed by atoms with Crippen LogP contribution >= 0.6 is 35.0 Å². The van der Waals surface area contributed by atoms with E-state index in [9.17, 15) is 14.7 Å². The molecule has 4 rings (SSSR count). The molecule has 0 bridgehead atoms. The largest absolute Gasteiger partial charge is 0.506 e.